The third-order valence-electron chi connectivity index (χ3n) is 6.89. The van der Waals surface area contributed by atoms with Crippen molar-refractivity contribution in [3.05, 3.63) is 61.2 Å². The first kappa shape index (κ1) is 27.8. The lowest BCUT2D eigenvalue weighted by Gasteiger charge is -2.33. The van der Waals surface area contributed by atoms with Crippen molar-refractivity contribution in [1.82, 2.24) is 9.55 Å². The molecule has 2 aliphatic heterocycles. The zero-order valence-corrected chi connectivity index (χ0v) is 23.5. The summed E-state index contributed by atoms with van der Waals surface area (Å²) < 4.78 is 53.3. The minimum Gasteiger partial charge on any atom is -0.403 e. The van der Waals surface area contributed by atoms with Gasteiger partial charge in [-0.15, -0.1) is 0 Å². The topological polar surface area (TPSA) is 109 Å². The highest BCUT2D eigenvalue weighted by atomic mass is 31.2. The van der Waals surface area contributed by atoms with Crippen LogP contribution < -0.4 is 15.8 Å². The molecule has 4 rings (SSSR count). The maximum Gasteiger partial charge on any atom is 0.530 e. The third kappa shape index (κ3) is 5.48. The average Bonchev–Trinajstić information content (AvgIpc) is 3.13. The molecule has 1 saturated heterocycles. The smallest absolute Gasteiger partial charge is 0.403 e. The van der Waals surface area contributed by atoms with Crippen LogP contribution >= 0.6 is 7.82 Å². The number of fused-ring (bicyclic) bond motifs is 1. The standard InChI is InChI=1S/C26H36FN2O7P/c1-14-9-20(29-11-15(2)23(30)28-24(29)31)35-19(14)13-34-37(32)33-12-16-21(27)17(25(3,4)5)10-18(22(16)36-37)26(6,7)8/h10-11,14,19-20H,9,12-13H2,1-8H3,(H,28,30,31). The molecule has 1 aromatic heterocycles. The van der Waals surface area contributed by atoms with E-state index in [2.05, 4.69) is 4.98 Å². The molecule has 1 fully saturated rings. The van der Waals surface area contributed by atoms with Gasteiger partial charge in [0.05, 0.1) is 24.9 Å². The van der Waals surface area contributed by atoms with Gasteiger partial charge < -0.3 is 9.26 Å². The van der Waals surface area contributed by atoms with Gasteiger partial charge in [0, 0.05) is 17.3 Å². The van der Waals surface area contributed by atoms with Gasteiger partial charge in [-0.3, -0.25) is 23.4 Å². The number of rotatable bonds is 4. The molecule has 9 nitrogen and oxygen atoms in total. The van der Waals surface area contributed by atoms with E-state index in [0.29, 0.717) is 17.5 Å². The van der Waals surface area contributed by atoms with E-state index in [1.165, 1.54) is 10.8 Å². The highest BCUT2D eigenvalue weighted by Gasteiger charge is 2.43. The summed E-state index contributed by atoms with van der Waals surface area (Å²) in [6.45, 7) is 14.9. The number of nitrogens with one attached hydrogen (secondary N) is 1. The van der Waals surface area contributed by atoms with Crippen LogP contribution in [0.4, 0.5) is 4.39 Å². The van der Waals surface area contributed by atoms with E-state index in [9.17, 15) is 14.2 Å². The number of benzene rings is 1. The molecule has 0 saturated carbocycles. The van der Waals surface area contributed by atoms with Crippen molar-refractivity contribution in [2.75, 3.05) is 6.61 Å². The number of aromatic nitrogens is 2. The minimum atomic E-state index is -4.08. The van der Waals surface area contributed by atoms with Crippen LogP contribution in [0.2, 0.25) is 0 Å². The fourth-order valence-electron chi connectivity index (χ4n) is 4.59. The van der Waals surface area contributed by atoms with Gasteiger partial charge in [-0.2, -0.15) is 0 Å². The number of nitrogens with zero attached hydrogens (tertiary/aromatic N) is 1. The van der Waals surface area contributed by atoms with Crippen molar-refractivity contribution in [3.8, 4) is 5.75 Å². The number of aromatic amines is 1. The van der Waals surface area contributed by atoms with Crippen LogP contribution in [-0.2, 0) is 35.8 Å². The zero-order chi connectivity index (χ0) is 27.5. The summed E-state index contributed by atoms with van der Waals surface area (Å²) in [7, 11) is -4.08. The first-order valence-electron chi connectivity index (χ1n) is 12.4. The van der Waals surface area contributed by atoms with E-state index < -0.39 is 48.1 Å². The Balaban J connectivity index is 1.55. The van der Waals surface area contributed by atoms with Gasteiger partial charge in [0.25, 0.3) is 5.56 Å². The average molecular weight is 539 g/mol. The Bertz CT molecular complexity index is 1370. The van der Waals surface area contributed by atoms with Crippen LogP contribution in [0, 0.1) is 18.7 Å². The number of halogens is 1. The summed E-state index contributed by atoms with van der Waals surface area (Å²) in [6, 6.07) is 1.78. The molecule has 0 spiro atoms. The lowest BCUT2D eigenvalue weighted by atomic mass is 9.78. The Labute approximate surface area is 215 Å². The number of hydrogen-bond acceptors (Lipinski definition) is 7. The van der Waals surface area contributed by atoms with Gasteiger partial charge in [-0.1, -0.05) is 48.5 Å². The minimum absolute atomic E-state index is 0.0512. The molecule has 3 heterocycles. The normalized spacial score (nSPS) is 26.1. The summed E-state index contributed by atoms with van der Waals surface area (Å²) in [5.74, 6) is -0.287. The molecule has 1 N–H and O–H groups in total. The molecule has 0 aliphatic carbocycles. The van der Waals surface area contributed by atoms with E-state index >= 15 is 4.39 Å². The molecule has 204 valence electrons. The van der Waals surface area contributed by atoms with E-state index in [4.69, 9.17) is 18.3 Å². The maximum absolute atomic E-state index is 15.5. The SMILES string of the molecule is Cc1cn(C2CC(C)C(COP3(=O)OCc4c(F)c(C(C)(C)C)cc(C(C)(C)C)c4O3)O2)c(=O)[nH]c1=O. The molecule has 4 unspecified atom stereocenters. The molecule has 11 heteroatoms. The van der Waals surface area contributed by atoms with Crippen LogP contribution in [0.15, 0.2) is 21.9 Å². The Morgan fingerprint density at radius 1 is 1.16 bits per heavy atom. The predicted molar refractivity (Wildman–Crippen MR) is 137 cm³/mol. The highest BCUT2D eigenvalue weighted by molar-refractivity contribution is 7.49. The van der Waals surface area contributed by atoms with Crippen LogP contribution in [0.3, 0.4) is 0 Å². The molecule has 2 aromatic rings. The number of hydrogen-bond donors (Lipinski definition) is 1. The number of phosphoric acid groups is 1. The number of phosphoric ester groups is 1. The molecule has 2 aliphatic rings. The largest absolute Gasteiger partial charge is 0.530 e. The molecular weight excluding hydrogens is 502 g/mol. The Kier molecular flexibility index (Phi) is 7.12. The van der Waals surface area contributed by atoms with E-state index in [-0.39, 0.29) is 30.4 Å². The van der Waals surface area contributed by atoms with Gasteiger partial charge in [-0.05, 0) is 41.7 Å². The first-order valence-corrected chi connectivity index (χ1v) is 13.9. The second kappa shape index (κ2) is 9.49. The van der Waals surface area contributed by atoms with Gasteiger partial charge >= 0.3 is 13.5 Å². The summed E-state index contributed by atoms with van der Waals surface area (Å²) in [6.07, 6.45) is 0.829. The summed E-state index contributed by atoms with van der Waals surface area (Å²) >= 11 is 0. The second-order valence-corrected chi connectivity index (χ2v) is 13.6. The summed E-state index contributed by atoms with van der Waals surface area (Å²) in [4.78, 5) is 26.2. The molecule has 4 atom stereocenters. The van der Waals surface area contributed by atoms with E-state index in [1.54, 1.807) is 13.0 Å². The zero-order valence-electron chi connectivity index (χ0n) is 22.6. The Morgan fingerprint density at radius 2 is 1.81 bits per heavy atom. The Hall–Kier alpha value is -2.26. The highest BCUT2D eigenvalue weighted by Crippen LogP contribution is 2.58. The quantitative estimate of drug-likeness (QED) is 0.531. The molecular formula is C26H36FN2O7P. The molecule has 0 amide bonds. The fraction of sp³-hybridized carbons (Fsp3) is 0.615. The lowest BCUT2D eigenvalue weighted by Crippen LogP contribution is -2.33. The third-order valence-corrected chi connectivity index (χ3v) is 8.20. The van der Waals surface area contributed by atoms with Crippen molar-refractivity contribution >= 4 is 7.82 Å². The molecule has 1 aromatic carbocycles. The maximum atomic E-state index is 15.5. The second-order valence-electron chi connectivity index (χ2n) is 12.0. The van der Waals surface area contributed by atoms with Crippen molar-refractivity contribution in [1.29, 1.82) is 0 Å². The van der Waals surface area contributed by atoms with Crippen molar-refractivity contribution in [2.45, 2.75) is 91.6 Å². The van der Waals surface area contributed by atoms with Gasteiger partial charge in [0.2, 0.25) is 0 Å². The van der Waals surface area contributed by atoms with E-state index in [0.717, 1.165) is 5.56 Å². The van der Waals surface area contributed by atoms with Gasteiger partial charge in [0.1, 0.15) is 17.8 Å². The predicted octanol–water partition coefficient (Wildman–Crippen LogP) is 5.24. The molecule has 0 radical (unpaired) electrons. The Morgan fingerprint density at radius 3 is 2.43 bits per heavy atom. The van der Waals surface area contributed by atoms with Gasteiger partial charge in [-0.25, -0.2) is 13.8 Å². The number of H-pyrrole nitrogens is 1. The number of ether oxygens (including phenoxy) is 1. The molecule has 0 bridgehead atoms. The van der Waals surface area contributed by atoms with Crippen molar-refractivity contribution < 1.29 is 27.3 Å². The summed E-state index contributed by atoms with van der Waals surface area (Å²) in [5, 5.41) is 0. The van der Waals surface area contributed by atoms with Crippen LogP contribution in [0.25, 0.3) is 0 Å². The van der Waals surface area contributed by atoms with Gasteiger partial charge in [0.15, 0.2) is 0 Å². The lowest BCUT2D eigenvalue weighted by molar-refractivity contribution is -0.0330. The van der Waals surface area contributed by atoms with Crippen LogP contribution in [0.1, 0.15) is 83.4 Å². The first-order chi connectivity index (χ1) is 17.0. The number of aryl methyl sites for hydroxylation is 1. The summed E-state index contributed by atoms with van der Waals surface area (Å²) in [5.41, 5.74) is -0.00690. The fourth-order valence-corrected chi connectivity index (χ4v) is 5.82. The van der Waals surface area contributed by atoms with Crippen LogP contribution in [-0.4, -0.2) is 22.3 Å². The van der Waals surface area contributed by atoms with E-state index in [1.807, 2.05) is 48.5 Å². The molecule has 37 heavy (non-hydrogen) atoms. The van der Waals surface area contributed by atoms with Crippen molar-refractivity contribution in [2.24, 2.45) is 5.92 Å². The monoisotopic (exact) mass is 538 g/mol. The van der Waals surface area contributed by atoms with Crippen molar-refractivity contribution in [3.63, 3.8) is 0 Å². The van der Waals surface area contributed by atoms with Crippen LogP contribution in [0.5, 0.6) is 5.75 Å².